The van der Waals surface area contributed by atoms with Gasteiger partial charge in [-0.05, 0) is 38.8 Å². The van der Waals surface area contributed by atoms with E-state index in [4.69, 9.17) is 5.73 Å². The average Bonchev–Trinajstić information content (AvgIpc) is 2.95. The maximum Gasteiger partial charge on any atom is 0.0331 e. The molecule has 0 aliphatic heterocycles. The van der Waals surface area contributed by atoms with Crippen molar-refractivity contribution in [3.05, 3.63) is 0 Å². The van der Waals surface area contributed by atoms with E-state index in [9.17, 15) is 0 Å². The highest BCUT2D eigenvalue weighted by Crippen LogP contribution is 2.34. The Bertz CT molecular complexity index is 221. The first-order valence-corrected chi connectivity index (χ1v) is 9.24. The first kappa shape index (κ1) is 18.0. The quantitative estimate of drug-likeness (QED) is 0.525. The van der Waals surface area contributed by atoms with E-state index >= 15 is 0 Å². The minimum absolute atomic E-state index is 0.359. The van der Waals surface area contributed by atoms with Crippen LogP contribution in [0.15, 0.2) is 0 Å². The van der Waals surface area contributed by atoms with Gasteiger partial charge in [0, 0.05) is 12.1 Å². The maximum absolute atomic E-state index is 6.14. The largest absolute Gasteiger partial charge is 0.329 e. The van der Waals surface area contributed by atoms with Crippen LogP contribution in [-0.2, 0) is 0 Å². The highest BCUT2D eigenvalue weighted by Gasteiger charge is 2.37. The van der Waals surface area contributed by atoms with Crippen LogP contribution in [0.2, 0.25) is 0 Å². The van der Waals surface area contributed by atoms with Gasteiger partial charge in [-0.2, -0.15) is 0 Å². The molecule has 0 aromatic heterocycles. The lowest BCUT2D eigenvalue weighted by atomic mass is 9.94. The van der Waals surface area contributed by atoms with E-state index in [-0.39, 0.29) is 0 Å². The summed E-state index contributed by atoms with van der Waals surface area (Å²) in [4.78, 5) is 2.74. The first-order chi connectivity index (χ1) is 9.79. The lowest BCUT2D eigenvalue weighted by molar-refractivity contribution is 0.0962. The second kappa shape index (κ2) is 10.6. The number of hydrogen-bond donors (Lipinski definition) is 1. The zero-order valence-electron chi connectivity index (χ0n) is 14.1. The molecule has 1 aliphatic rings. The van der Waals surface area contributed by atoms with Crippen molar-refractivity contribution in [1.82, 2.24) is 4.90 Å². The Balaban J connectivity index is 2.25. The van der Waals surface area contributed by atoms with E-state index in [2.05, 4.69) is 18.7 Å². The smallest absolute Gasteiger partial charge is 0.0331 e. The van der Waals surface area contributed by atoms with Crippen LogP contribution >= 0.6 is 0 Å². The van der Waals surface area contributed by atoms with Gasteiger partial charge in [0.25, 0.3) is 0 Å². The molecular formula is C18H38N2. The monoisotopic (exact) mass is 282 g/mol. The van der Waals surface area contributed by atoms with E-state index in [1.807, 2.05) is 0 Å². The van der Waals surface area contributed by atoms with Gasteiger partial charge in [0.05, 0.1) is 0 Å². The van der Waals surface area contributed by atoms with Crippen molar-refractivity contribution in [1.29, 1.82) is 0 Å². The predicted octanol–water partition coefficient (Wildman–Crippen LogP) is 4.72. The lowest BCUT2D eigenvalue weighted by Crippen LogP contribution is -2.52. The second-order valence-corrected chi connectivity index (χ2v) is 6.74. The Kier molecular flexibility index (Phi) is 9.54. The molecule has 1 aliphatic carbocycles. The molecule has 2 heteroatoms. The van der Waals surface area contributed by atoms with Crippen LogP contribution in [-0.4, -0.2) is 30.1 Å². The molecule has 20 heavy (non-hydrogen) atoms. The summed E-state index contributed by atoms with van der Waals surface area (Å²) in [5.41, 5.74) is 6.50. The molecule has 0 aromatic rings. The maximum atomic E-state index is 6.14. The van der Waals surface area contributed by atoms with Gasteiger partial charge in [-0.15, -0.1) is 0 Å². The normalized spacial score (nSPS) is 18.0. The molecule has 0 heterocycles. The fraction of sp³-hybridized carbons (Fsp3) is 1.00. The molecule has 1 rings (SSSR count). The second-order valence-electron chi connectivity index (χ2n) is 6.74. The molecule has 0 amide bonds. The van der Waals surface area contributed by atoms with Crippen molar-refractivity contribution < 1.29 is 0 Å². The van der Waals surface area contributed by atoms with Crippen LogP contribution in [0.4, 0.5) is 0 Å². The standard InChI is InChI=1S/C18H38N2/c1-3-5-6-7-8-9-12-16-20(15-4-2)18(17-19)13-10-11-14-18/h3-17,19H2,1-2H3. The van der Waals surface area contributed by atoms with E-state index in [1.54, 1.807) is 0 Å². The Hall–Kier alpha value is -0.0800. The summed E-state index contributed by atoms with van der Waals surface area (Å²) in [6.07, 6.45) is 16.5. The third-order valence-corrected chi connectivity index (χ3v) is 5.11. The molecule has 1 fully saturated rings. The Morgan fingerprint density at radius 2 is 1.40 bits per heavy atom. The lowest BCUT2D eigenvalue weighted by Gasteiger charge is -2.41. The van der Waals surface area contributed by atoms with Crippen molar-refractivity contribution >= 4 is 0 Å². The number of nitrogens with two attached hydrogens (primary N) is 1. The molecule has 1 saturated carbocycles. The van der Waals surface area contributed by atoms with Crippen LogP contribution in [0.5, 0.6) is 0 Å². The number of nitrogens with zero attached hydrogens (tertiary/aromatic N) is 1. The summed E-state index contributed by atoms with van der Waals surface area (Å²) in [5.74, 6) is 0. The van der Waals surface area contributed by atoms with Crippen molar-refractivity contribution in [3.8, 4) is 0 Å². The van der Waals surface area contributed by atoms with Crippen molar-refractivity contribution in [2.45, 2.75) is 96.4 Å². The van der Waals surface area contributed by atoms with Gasteiger partial charge >= 0.3 is 0 Å². The summed E-state index contributed by atoms with van der Waals surface area (Å²) >= 11 is 0. The zero-order valence-corrected chi connectivity index (χ0v) is 14.1. The van der Waals surface area contributed by atoms with Gasteiger partial charge in [0.1, 0.15) is 0 Å². The number of unbranched alkanes of at least 4 members (excludes halogenated alkanes) is 6. The van der Waals surface area contributed by atoms with Crippen LogP contribution in [0.1, 0.15) is 90.9 Å². The summed E-state index contributed by atoms with van der Waals surface area (Å²) in [5, 5.41) is 0. The van der Waals surface area contributed by atoms with Crippen molar-refractivity contribution in [2.24, 2.45) is 5.73 Å². The third-order valence-electron chi connectivity index (χ3n) is 5.11. The topological polar surface area (TPSA) is 29.3 Å². The molecular weight excluding hydrogens is 244 g/mol. The molecule has 2 nitrogen and oxygen atoms in total. The van der Waals surface area contributed by atoms with Crippen LogP contribution < -0.4 is 5.73 Å². The van der Waals surface area contributed by atoms with Gasteiger partial charge < -0.3 is 5.73 Å². The van der Waals surface area contributed by atoms with Crippen LogP contribution in [0.3, 0.4) is 0 Å². The number of rotatable bonds is 12. The van der Waals surface area contributed by atoms with Crippen LogP contribution in [0, 0.1) is 0 Å². The van der Waals surface area contributed by atoms with Crippen LogP contribution in [0.25, 0.3) is 0 Å². The molecule has 0 atom stereocenters. The van der Waals surface area contributed by atoms with Gasteiger partial charge in [-0.1, -0.05) is 65.2 Å². The molecule has 0 spiro atoms. The Labute approximate surface area is 127 Å². The van der Waals surface area contributed by atoms with Gasteiger partial charge in [-0.25, -0.2) is 0 Å². The average molecular weight is 283 g/mol. The fourth-order valence-corrected chi connectivity index (χ4v) is 3.80. The van der Waals surface area contributed by atoms with E-state index in [0.717, 1.165) is 6.54 Å². The van der Waals surface area contributed by atoms with Gasteiger partial charge in [0.2, 0.25) is 0 Å². The Morgan fingerprint density at radius 1 is 0.800 bits per heavy atom. The molecule has 2 N–H and O–H groups in total. The first-order valence-electron chi connectivity index (χ1n) is 9.24. The molecule has 120 valence electrons. The fourth-order valence-electron chi connectivity index (χ4n) is 3.80. The summed E-state index contributed by atoms with van der Waals surface area (Å²) < 4.78 is 0. The molecule has 0 unspecified atom stereocenters. The molecule has 0 bridgehead atoms. The SMILES string of the molecule is CCCCCCCCCN(CCC)C1(CN)CCCC1. The van der Waals surface area contributed by atoms with Gasteiger partial charge in [0.15, 0.2) is 0 Å². The minimum atomic E-state index is 0.359. The Morgan fingerprint density at radius 3 is 1.95 bits per heavy atom. The minimum Gasteiger partial charge on any atom is -0.329 e. The highest BCUT2D eigenvalue weighted by molar-refractivity contribution is 4.95. The third kappa shape index (κ3) is 5.73. The van der Waals surface area contributed by atoms with Crippen molar-refractivity contribution in [2.75, 3.05) is 19.6 Å². The molecule has 0 aromatic carbocycles. The summed E-state index contributed by atoms with van der Waals surface area (Å²) in [6.45, 7) is 7.97. The van der Waals surface area contributed by atoms with Crippen molar-refractivity contribution in [3.63, 3.8) is 0 Å². The predicted molar refractivity (Wildman–Crippen MR) is 90.1 cm³/mol. The summed E-state index contributed by atoms with van der Waals surface area (Å²) in [6, 6.07) is 0. The van der Waals surface area contributed by atoms with E-state index < -0.39 is 0 Å². The summed E-state index contributed by atoms with van der Waals surface area (Å²) in [7, 11) is 0. The highest BCUT2D eigenvalue weighted by atomic mass is 15.2. The molecule has 0 radical (unpaired) electrons. The van der Waals surface area contributed by atoms with Gasteiger partial charge in [-0.3, -0.25) is 4.90 Å². The molecule has 0 saturated heterocycles. The van der Waals surface area contributed by atoms with E-state index in [0.29, 0.717) is 5.54 Å². The number of hydrogen-bond acceptors (Lipinski definition) is 2. The van der Waals surface area contributed by atoms with E-state index in [1.165, 1.54) is 90.1 Å². The zero-order chi connectivity index (χ0) is 14.7.